The maximum atomic E-state index is 9.49. The first-order valence-corrected chi connectivity index (χ1v) is 7.16. The molecule has 1 aromatic heterocycles. The van der Waals surface area contributed by atoms with Crippen molar-refractivity contribution < 1.29 is 5.11 Å². The van der Waals surface area contributed by atoms with Crippen LogP contribution in [0.2, 0.25) is 0 Å². The molecule has 0 spiro atoms. The smallest absolute Gasteiger partial charge is 0.0931 e. The second kappa shape index (κ2) is 4.88. The molecule has 3 rings (SSSR count). The topological polar surface area (TPSA) is 36.4 Å². The number of rotatable bonds is 2. The molecule has 1 N–H and O–H groups in total. The van der Waals surface area contributed by atoms with Crippen LogP contribution >= 0.6 is 0 Å². The molecule has 98 valence electrons. The van der Waals surface area contributed by atoms with Gasteiger partial charge in [0.15, 0.2) is 0 Å². The minimum atomic E-state index is -0.472. The Morgan fingerprint density at radius 3 is 2.83 bits per heavy atom. The highest BCUT2D eigenvalue weighted by Crippen LogP contribution is 2.38. The highest BCUT2D eigenvalue weighted by Gasteiger charge is 2.35. The minimum Gasteiger partial charge on any atom is -0.387 e. The van der Waals surface area contributed by atoms with Gasteiger partial charge in [-0.2, -0.15) is 0 Å². The van der Waals surface area contributed by atoms with Crippen LogP contribution in [0, 0.1) is 5.92 Å². The maximum absolute atomic E-state index is 9.49. The third kappa shape index (κ3) is 2.12. The fourth-order valence-corrected chi connectivity index (χ4v) is 3.54. The molecule has 2 aliphatic rings. The normalized spacial score (nSPS) is 29.1. The third-order valence-corrected chi connectivity index (χ3v) is 4.54. The zero-order valence-electron chi connectivity index (χ0n) is 11.0. The van der Waals surface area contributed by atoms with Gasteiger partial charge in [-0.15, -0.1) is 0 Å². The van der Waals surface area contributed by atoms with Crippen molar-refractivity contribution in [2.45, 2.75) is 51.2 Å². The second-order valence-electron chi connectivity index (χ2n) is 5.71. The van der Waals surface area contributed by atoms with Crippen LogP contribution < -0.4 is 4.90 Å². The van der Waals surface area contributed by atoms with E-state index in [0.717, 1.165) is 17.7 Å². The summed E-state index contributed by atoms with van der Waals surface area (Å²) in [6.45, 7) is 2.93. The van der Waals surface area contributed by atoms with E-state index in [1.807, 2.05) is 12.3 Å². The molecule has 1 aliphatic heterocycles. The zero-order chi connectivity index (χ0) is 12.5. The van der Waals surface area contributed by atoms with Gasteiger partial charge in [0, 0.05) is 12.6 Å². The van der Waals surface area contributed by atoms with Gasteiger partial charge in [-0.3, -0.25) is 4.98 Å². The quantitative estimate of drug-likeness (QED) is 0.871. The van der Waals surface area contributed by atoms with E-state index >= 15 is 0 Å². The molecule has 3 heteroatoms. The summed E-state index contributed by atoms with van der Waals surface area (Å²) in [4.78, 5) is 6.90. The Kier molecular flexibility index (Phi) is 3.25. The van der Waals surface area contributed by atoms with E-state index < -0.39 is 6.10 Å². The summed E-state index contributed by atoms with van der Waals surface area (Å²) in [7, 11) is 0. The SMILES string of the molecule is C[C@H](O)c1ccc(N2CCC3CCCCC32)cn1. The number of pyridine rings is 1. The Morgan fingerprint density at radius 1 is 1.28 bits per heavy atom. The number of aliphatic hydroxyl groups is 1. The molecule has 2 unspecified atom stereocenters. The number of anilines is 1. The first-order chi connectivity index (χ1) is 8.75. The number of nitrogens with zero attached hydrogens (tertiary/aromatic N) is 2. The van der Waals surface area contributed by atoms with Gasteiger partial charge in [0.25, 0.3) is 0 Å². The standard InChI is InChI=1S/C15H22N2O/c1-11(18)14-7-6-13(10-16-14)17-9-8-12-4-2-3-5-15(12)17/h6-7,10-12,15,18H,2-5,8-9H2,1H3/t11-,12?,15?/m0/s1. The van der Waals surface area contributed by atoms with Crippen LogP contribution in [0.25, 0.3) is 0 Å². The summed E-state index contributed by atoms with van der Waals surface area (Å²) in [6.07, 6.45) is 8.32. The lowest BCUT2D eigenvalue weighted by molar-refractivity contribution is 0.194. The molecule has 2 fully saturated rings. The van der Waals surface area contributed by atoms with Gasteiger partial charge in [-0.05, 0) is 44.2 Å². The van der Waals surface area contributed by atoms with Crippen LogP contribution in [0.3, 0.4) is 0 Å². The zero-order valence-corrected chi connectivity index (χ0v) is 11.0. The Bertz CT molecular complexity index is 401. The van der Waals surface area contributed by atoms with Gasteiger partial charge in [0.1, 0.15) is 0 Å². The van der Waals surface area contributed by atoms with Crippen molar-refractivity contribution in [1.29, 1.82) is 0 Å². The highest BCUT2D eigenvalue weighted by molar-refractivity contribution is 5.47. The Morgan fingerprint density at radius 2 is 2.11 bits per heavy atom. The molecule has 0 bridgehead atoms. The van der Waals surface area contributed by atoms with Crippen molar-refractivity contribution in [3.05, 3.63) is 24.0 Å². The van der Waals surface area contributed by atoms with Crippen molar-refractivity contribution in [1.82, 2.24) is 4.98 Å². The molecule has 18 heavy (non-hydrogen) atoms. The maximum Gasteiger partial charge on any atom is 0.0931 e. The molecular weight excluding hydrogens is 224 g/mol. The number of fused-ring (bicyclic) bond motifs is 1. The van der Waals surface area contributed by atoms with Crippen LogP contribution in [-0.4, -0.2) is 22.7 Å². The molecule has 0 aromatic carbocycles. The summed E-state index contributed by atoms with van der Waals surface area (Å²) in [5, 5.41) is 9.49. The van der Waals surface area contributed by atoms with Crippen molar-refractivity contribution in [3.8, 4) is 0 Å². The van der Waals surface area contributed by atoms with Crippen molar-refractivity contribution in [2.24, 2.45) is 5.92 Å². The number of hydrogen-bond donors (Lipinski definition) is 1. The third-order valence-electron chi connectivity index (χ3n) is 4.54. The van der Waals surface area contributed by atoms with Crippen LogP contribution in [0.4, 0.5) is 5.69 Å². The van der Waals surface area contributed by atoms with Gasteiger partial charge >= 0.3 is 0 Å². The molecule has 3 atom stereocenters. The molecule has 1 aliphatic carbocycles. The lowest BCUT2D eigenvalue weighted by Gasteiger charge is -2.33. The predicted molar refractivity (Wildman–Crippen MR) is 72.6 cm³/mol. The van der Waals surface area contributed by atoms with Gasteiger partial charge in [-0.25, -0.2) is 0 Å². The van der Waals surface area contributed by atoms with Gasteiger partial charge in [0.2, 0.25) is 0 Å². The number of aliphatic hydroxyl groups excluding tert-OH is 1. The first-order valence-electron chi connectivity index (χ1n) is 7.16. The molecule has 1 saturated carbocycles. The van der Waals surface area contributed by atoms with E-state index in [2.05, 4.69) is 16.0 Å². The van der Waals surface area contributed by atoms with E-state index in [4.69, 9.17) is 0 Å². The summed E-state index contributed by atoms with van der Waals surface area (Å²) in [5.41, 5.74) is 1.99. The van der Waals surface area contributed by atoms with Crippen LogP contribution in [0.5, 0.6) is 0 Å². The van der Waals surface area contributed by atoms with Crippen molar-refractivity contribution in [3.63, 3.8) is 0 Å². The summed E-state index contributed by atoms with van der Waals surface area (Å²) < 4.78 is 0. The summed E-state index contributed by atoms with van der Waals surface area (Å²) in [5.74, 6) is 0.898. The molecule has 3 nitrogen and oxygen atoms in total. The van der Waals surface area contributed by atoms with E-state index in [-0.39, 0.29) is 0 Å². The Balaban J connectivity index is 1.78. The molecule has 0 radical (unpaired) electrons. The average molecular weight is 246 g/mol. The molecule has 1 aromatic rings. The van der Waals surface area contributed by atoms with Crippen LogP contribution in [0.1, 0.15) is 50.8 Å². The van der Waals surface area contributed by atoms with Crippen LogP contribution in [0.15, 0.2) is 18.3 Å². The van der Waals surface area contributed by atoms with Crippen molar-refractivity contribution >= 4 is 5.69 Å². The van der Waals surface area contributed by atoms with Crippen molar-refractivity contribution in [2.75, 3.05) is 11.4 Å². The fraction of sp³-hybridized carbons (Fsp3) is 0.667. The van der Waals surface area contributed by atoms with E-state index in [1.54, 1.807) is 6.92 Å². The average Bonchev–Trinajstić information content (AvgIpc) is 2.82. The van der Waals surface area contributed by atoms with E-state index in [1.165, 1.54) is 44.3 Å². The highest BCUT2D eigenvalue weighted by atomic mass is 16.3. The molecule has 2 heterocycles. The van der Waals surface area contributed by atoms with Gasteiger partial charge < -0.3 is 10.0 Å². The second-order valence-corrected chi connectivity index (χ2v) is 5.71. The first kappa shape index (κ1) is 12.0. The predicted octanol–water partition coefficient (Wildman–Crippen LogP) is 2.90. The monoisotopic (exact) mass is 246 g/mol. The molecular formula is C15H22N2O. The van der Waals surface area contributed by atoms with Crippen LogP contribution in [-0.2, 0) is 0 Å². The van der Waals surface area contributed by atoms with Gasteiger partial charge in [-0.1, -0.05) is 12.8 Å². The number of aromatic nitrogens is 1. The van der Waals surface area contributed by atoms with E-state index in [0.29, 0.717) is 0 Å². The Hall–Kier alpha value is -1.09. The molecule has 1 saturated heterocycles. The van der Waals surface area contributed by atoms with E-state index in [9.17, 15) is 5.11 Å². The Labute approximate surface area is 109 Å². The lowest BCUT2D eigenvalue weighted by Crippen LogP contribution is -2.34. The molecule has 0 amide bonds. The summed E-state index contributed by atoms with van der Waals surface area (Å²) >= 11 is 0. The minimum absolute atomic E-state index is 0.472. The largest absolute Gasteiger partial charge is 0.387 e. The number of hydrogen-bond acceptors (Lipinski definition) is 3. The van der Waals surface area contributed by atoms with Gasteiger partial charge in [0.05, 0.1) is 23.7 Å². The summed E-state index contributed by atoms with van der Waals surface area (Å²) in [6, 6.07) is 4.81. The lowest BCUT2D eigenvalue weighted by atomic mass is 9.85. The fourth-order valence-electron chi connectivity index (χ4n) is 3.54.